The largest absolute Gasteiger partial charge is 0.365 e. The van der Waals surface area contributed by atoms with Crippen LogP contribution in [0.5, 0.6) is 0 Å². The van der Waals surface area contributed by atoms with E-state index in [2.05, 4.69) is 32.5 Å². The van der Waals surface area contributed by atoms with Gasteiger partial charge in [-0.05, 0) is 56.0 Å². The van der Waals surface area contributed by atoms with Crippen molar-refractivity contribution in [2.75, 3.05) is 42.1 Å². The molecule has 35 heavy (non-hydrogen) atoms. The monoisotopic (exact) mass is 474 g/mol. The number of anilines is 4. The van der Waals surface area contributed by atoms with Crippen LogP contribution in [-0.4, -0.2) is 68.9 Å². The Morgan fingerprint density at radius 1 is 1.06 bits per heavy atom. The number of benzene rings is 1. The van der Waals surface area contributed by atoms with Crippen LogP contribution in [0.2, 0.25) is 0 Å². The number of urea groups is 1. The fraction of sp³-hybridized carbons (Fsp3) is 0.360. The van der Waals surface area contributed by atoms with E-state index in [1.54, 1.807) is 0 Å². The van der Waals surface area contributed by atoms with Gasteiger partial charge in [-0.15, -0.1) is 0 Å². The van der Waals surface area contributed by atoms with Crippen molar-refractivity contribution in [1.82, 2.24) is 24.8 Å². The molecule has 1 unspecified atom stereocenters. The van der Waals surface area contributed by atoms with Crippen LogP contribution < -0.4 is 16.0 Å². The summed E-state index contributed by atoms with van der Waals surface area (Å²) in [5, 5.41) is 10.6. The van der Waals surface area contributed by atoms with Gasteiger partial charge in [-0.25, -0.2) is 4.79 Å². The molecule has 0 aliphatic carbocycles. The normalized spacial score (nSPS) is 17.9. The van der Waals surface area contributed by atoms with Gasteiger partial charge in [0, 0.05) is 49.8 Å². The number of piperidine rings is 1. The average Bonchev–Trinajstić information content (AvgIpc) is 3.57. The molecule has 2 saturated heterocycles. The van der Waals surface area contributed by atoms with Gasteiger partial charge in [0.25, 0.3) is 0 Å². The van der Waals surface area contributed by atoms with Crippen molar-refractivity contribution in [3.63, 3.8) is 0 Å². The highest BCUT2D eigenvalue weighted by atomic mass is 16.2. The van der Waals surface area contributed by atoms with Gasteiger partial charge >= 0.3 is 6.03 Å². The maximum atomic E-state index is 12.4. The van der Waals surface area contributed by atoms with E-state index in [0.717, 1.165) is 56.4 Å². The van der Waals surface area contributed by atoms with E-state index < -0.39 is 0 Å². The van der Waals surface area contributed by atoms with E-state index in [0.29, 0.717) is 29.6 Å². The van der Waals surface area contributed by atoms with E-state index in [1.165, 1.54) is 6.08 Å². The van der Waals surface area contributed by atoms with E-state index in [9.17, 15) is 9.59 Å². The van der Waals surface area contributed by atoms with Crippen molar-refractivity contribution in [1.29, 1.82) is 0 Å². The number of carbonyl (C=O) groups excluding carboxylic acids is 2. The molecule has 4 N–H and O–H groups in total. The van der Waals surface area contributed by atoms with Gasteiger partial charge in [0.1, 0.15) is 11.5 Å². The molecule has 2 aliphatic rings. The third kappa shape index (κ3) is 5.21. The molecule has 5 rings (SSSR count). The lowest BCUT2D eigenvalue weighted by atomic mass is 10.1. The zero-order valence-corrected chi connectivity index (χ0v) is 19.6. The number of rotatable bonds is 6. The van der Waals surface area contributed by atoms with Crippen molar-refractivity contribution in [2.45, 2.75) is 31.7 Å². The average molecular weight is 475 g/mol. The quantitative estimate of drug-likeness (QED) is 0.402. The van der Waals surface area contributed by atoms with Gasteiger partial charge in [0.2, 0.25) is 11.9 Å². The summed E-state index contributed by atoms with van der Waals surface area (Å²) in [7, 11) is 0. The van der Waals surface area contributed by atoms with E-state index in [4.69, 9.17) is 4.98 Å². The van der Waals surface area contributed by atoms with Crippen molar-refractivity contribution >= 4 is 46.1 Å². The smallest absolute Gasteiger partial charge is 0.321 e. The molecule has 1 atom stereocenters. The highest BCUT2D eigenvalue weighted by Gasteiger charge is 2.23. The number of carbonyl (C=O) groups is 2. The number of H-pyrrole nitrogens is 1. The summed E-state index contributed by atoms with van der Waals surface area (Å²) in [6.07, 6.45) is 7.15. The molecule has 182 valence electrons. The Kier molecular flexibility index (Phi) is 6.51. The second-order valence-electron chi connectivity index (χ2n) is 8.94. The third-order valence-corrected chi connectivity index (χ3v) is 6.43. The Bertz CT molecular complexity index is 1230. The lowest BCUT2D eigenvalue weighted by Gasteiger charge is -2.33. The van der Waals surface area contributed by atoms with Gasteiger partial charge in [-0.1, -0.05) is 12.6 Å². The molecule has 10 heteroatoms. The van der Waals surface area contributed by atoms with Crippen LogP contribution in [0.1, 0.15) is 25.7 Å². The van der Waals surface area contributed by atoms with Crippen molar-refractivity contribution in [3.8, 4) is 0 Å². The number of nitrogens with one attached hydrogen (secondary N) is 4. The SMILES string of the molecule is C=CC(=O)N1CCCC(Nc2nc(Nc3cccc(NC(=O)N4CCCC4)c3)nc3[nH]ccc23)C1. The van der Waals surface area contributed by atoms with E-state index in [1.807, 2.05) is 46.3 Å². The first-order valence-corrected chi connectivity index (χ1v) is 12.0. The lowest BCUT2D eigenvalue weighted by Crippen LogP contribution is -2.44. The van der Waals surface area contributed by atoms with Crippen LogP contribution in [0.3, 0.4) is 0 Å². The molecule has 0 radical (unpaired) electrons. The van der Waals surface area contributed by atoms with Crippen molar-refractivity contribution in [2.24, 2.45) is 0 Å². The molecule has 0 bridgehead atoms. The second-order valence-corrected chi connectivity index (χ2v) is 8.94. The third-order valence-electron chi connectivity index (χ3n) is 6.43. The van der Waals surface area contributed by atoms with Gasteiger partial charge < -0.3 is 30.7 Å². The van der Waals surface area contributed by atoms with Gasteiger partial charge in [-0.2, -0.15) is 9.97 Å². The van der Waals surface area contributed by atoms with Gasteiger partial charge in [0.05, 0.1) is 5.39 Å². The molecule has 3 aromatic rings. The first-order chi connectivity index (χ1) is 17.1. The molecule has 2 aliphatic heterocycles. The highest BCUT2D eigenvalue weighted by Crippen LogP contribution is 2.26. The topological polar surface area (TPSA) is 118 Å². The summed E-state index contributed by atoms with van der Waals surface area (Å²) in [6.45, 7) is 6.53. The van der Waals surface area contributed by atoms with Crippen molar-refractivity contribution in [3.05, 3.63) is 49.2 Å². The number of fused-ring (bicyclic) bond motifs is 1. The van der Waals surface area contributed by atoms with Crippen LogP contribution in [-0.2, 0) is 4.79 Å². The summed E-state index contributed by atoms with van der Waals surface area (Å²) in [4.78, 5) is 40.7. The number of hydrogen-bond acceptors (Lipinski definition) is 6. The molecule has 4 heterocycles. The Balaban J connectivity index is 1.32. The maximum Gasteiger partial charge on any atom is 0.321 e. The highest BCUT2D eigenvalue weighted by molar-refractivity contribution is 5.91. The standard InChI is InChI=1S/C25H30N8O2/c1-2-21(34)33-14-6-9-19(16-33)27-23-20-10-11-26-22(20)30-24(31-23)28-17-7-5-8-18(15-17)29-25(35)32-12-3-4-13-32/h2,5,7-8,10-11,15,19H,1,3-4,6,9,12-14,16H2,(H,29,35)(H3,26,27,28,30,31). The molecule has 2 aromatic heterocycles. The molecule has 1 aromatic carbocycles. The molecule has 0 saturated carbocycles. The Hall–Kier alpha value is -4.08. The van der Waals surface area contributed by atoms with Crippen LogP contribution >= 0.6 is 0 Å². The molecular formula is C25H30N8O2. The number of amides is 3. The first-order valence-electron chi connectivity index (χ1n) is 12.0. The number of nitrogens with zero attached hydrogens (tertiary/aromatic N) is 4. The number of aromatic nitrogens is 3. The molecule has 10 nitrogen and oxygen atoms in total. The number of aromatic amines is 1. The fourth-order valence-electron chi connectivity index (χ4n) is 4.65. The lowest BCUT2D eigenvalue weighted by molar-refractivity contribution is -0.127. The Labute approximate surface area is 203 Å². The Morgan fingerprint density at radius 3 is 2.69 bits per heavy atom. The van der Waals surface area contributed by atoms with E-state index >= 15 is 0 Å². The second kappa shape index (κ2) is 10.0. The van der Waals surface area contributed by atoms with Crippen LogP contribution in [0.25, 0.3) is 11.0 Å². The molecule has 0 spiro atoms. The maximum absolute atomic E-state index is 12.4. The molecular weight excluding hydrogens is 444 g/mol. The predicted octanol–water partition coefficient (Wildman–Crippen LogP) is 3.92. The summed E-state index contributed by atoms with van der Waals surface area (Å²) in [5.74, 6) is 1.08. The van der Waals surface area contributed by atoms with Crippen LogP contribution in [0.4, 0.5) is 27.9 Å². The summed E-state index contributed by atoms with van der Waals surface area (Å²) in [6, 6.07) is 9.45. The summed E-state index contributed by atoms with van der Waals surface area (Å²) in [5.41, 5.74) is 2.18. The van der Waals surface area contributed by atoms with Crippen molar-refractivity contribution < 1.29 is 9.59 Å². The minimum absolute atomic E-state index is 0.0509. The zero-order chi connectivity index (χ0) is 24.2. The van der Waals surface area contributed by atoms with E-state index in [-0.39, 0.29) is 18.0 Å². The summed E-state index contributed by atoms with van der Waals surface area (Å²) >= 11 is 0. The zero-order valence-electron chi connectivity index (χ0n) is 19.6. The number of hydrogen-bond donors (Lipinski definition) is 4. The fourth-order valence-corrected chi connectivity index (χ4v) is 4.65. The van der Waals surface area contributed by atoms with Crippen LogP contribution in [0.15, 0.2) is 49.2 Å². The first kappa shape index (κ1) is 22.7. The minimum Gasteiger partial charge on any atom is -0.365 e. The van der Waals surface area contributed by atoms with Gasteiger partial charge in [-0.3, -0.25) is 4.79 Å². The summed E-state index contributed by atoms with van der Waals surface area (Å²) < 4.78 is 0. The van der Waals surface area contributed by atoms with Gasteiger partial charge in [0.15, 0.2) is 0 Å². The molecule has 2 fully saturated rings. The predicted molar refractivity (Wildman–Crippen MR) is 137 cm³/mol. The van der Waals surface area contributed by atoms with Crippen LogP contribution in [0, 0.1) is 0 Å². The number of likely N-dealkylation sites (tertiary alicyclic amines) is 2. The molecule has 3 amide bonds. The minimum atomic E-state index is -0.0772. The Morgan fingerprint density at radius 2 is 1.86 bits per heavy atom.